The fraction of sp³-hybridized carbons (Fsp3) is 0. The number of fused-ring (bicyclic) bond motifs is 3. The zero-order valence-electron chi connectivity index (χ0n) is 21.2. The summed E-state index contributed by atoms with van der Waals surface area (Å²) >= 11 is 0. The van der Waals surface area contributed by atoms with Gasteiger partial charge in [0.05, 0.1) is 16.7 Å². The summed E-state index contributed by atoms with van der Waals surface area (Å²) in [5, 5.41) is 2.31. The van der Waals surface area contributed by atoms with Crippen molar-refractivity contribution in [3.63, 3.8) is 0 Å². The quantitative estimate of drug-likeness (QED) is 0.226. The highest BCUT2D eigenvalue weighted by Crippen LogP contribution is 2.45. The molecule has 1 aromatic heterocycles. The first-order valence-corrected chi connectivity index (χ1v) is 13.1. The van der Waals surface area contributed by atoms with E-state index in [0.717, 1.165) is 50.3 Å². The molecule has 0 radical (unpaired) electrons. The van der Waals surface area contributed by atoms with Gasteiger partial charge in [-0.2, -0.15) is 0 Å². The molecule has 39 heavy (non-hydrogen) atoms. The standard InChI is InChI=1S/C36H25FN2/c37-27-15-12-20-30(23-27)38(28-16-6-2-7-17-28)35-25-33-31-21-10-11-22-34(31)39(29-18-8-3-9-19-29)36(33)24-32(35)26-13-4-1-5-14-26/h1-25H. The Morgan fingerprint density at radius 3 is 1.87 bits per heavy atom. The Bertz CT molecular complexity index is 1910. The molecule has 0 aliphatic carbocycles. The van der Waals surface area contributed by atoms with Crippen molar-refractivity contribution in [3.05, 3.63) is 157 Å². The van der Waals surface area contributed by atoms with E-state index in [1.165, 1.54) is 11.5 Å². The molecule has 0 aliphatic rings. The molecule has 3 heteroatoms. The fourth-order valence-electron chi connectivity index (χ4n) is 5.51. The van der Waals surface area contributed by atoms with Gasteiger partial charge in [0.2, 0.25) is 0 Å². The van der Waals surface area contributed by atoms with Gasteiger partial charge >= 0.3 is 0 Å². The molecule has 0 spiro atoms. The smallest absolute Gasteiger partial charge is 0.125 e. The van der Waals surface area contributed by atoms with Crippen LogP contribution in [-0.4, -0.2) is 4.57 Å². The highest BCUT2D eigenvalue weighted by Gasteiger charge is 2.21. The molecule has 0 saturated heterocycles. The van der Waals surface area contributed by atoms with Crippen LogP contribution in [0.1, 0.15) is 0 Å². The summed E-state index contributed by atoms with van der Waals surface area (Å²) < 4.78 is 16.9. The Morgan fingerprint density at radius 2 is 1.13 bits per heavy atom. The highest BCUT2D eigenvalue weighted by atomic mass is 19.1. The Kier molecular flexibility index (Phi) is 5.68. The van der Waals surface area contributed by atoms with Gasteiger partial charge in [0.15, 0.2) is 0 Å². The first kappa shape index (κ1) is 23.0. The van der Waals surface area contributed by atoms with Crippen molar-refractivity contribution in [1.29, 1.82) is 0 Å². The number of anilines is 3. The zero-order valence-corrected chi connectivity index (χ0v) is 21.2. The Hall–Kier alpha value is -5.15. The number of para-hydroxylation sites is 3. The third kappa shape index (κ3) is 4.05. The van der Waals surface area contributed by atoms with Crippen LogP contribution >= 0.6 is 0 Å². The lowest BCUT2D eigenvalue weighted by molar-refractivity contribution is 0.628. The number of rotatable bonds is 5. The number of nitrogens with zero attached hydrogens (tertiary/aromatic N) is 2. The van der Waals surface area contributed by atoms with E-state index in [0.29, 0.717) is 0 Å². The van der Waals surface area contributed by atoms with E-state index >= 15 is 0 Å². The van der Waals surface area contributed by atoms with Gasteiger partial charge in [-0.1, -0.05) is 91.0 Å². The maximum absolute atomic E-state index is 14.6. The zero-order chi connectivity index (χ0) is 26.2. The second-order valence-electron chi connectivity index (χ2n) is 9.59. The number of aromatic nitrogens is 1. The van der Waals surface area contributed by atoms with Crippen molar-refractivity contribution in [2.45, 2.75) is 0 Å². The van der Waals surface area contributed by atoms with Crippen molar-refractivity contribution in [2.24, 2.45) is 0 Å². The van der Waals surface area contributed by atoms with Gasteiger partial charge < -0.3 is 9.47 Å². The number of hydrogen-bond donors (Lipinski definition) is 0. The van der Waals surface area contributed by atoms with E-state index in [1.807, 2.05) is 36.4 Å². The van der Waals surface area contributed by atoms with E-state index in [4.69, 9.17) is 0 Å². The van der Waals surface area contributed by atoms with Crippen molar-refractivity contribution in [3.8, 4) is 16.8 Å². The van der Waals surface area contributed by atoms with Crippen LogP contribution in [0.5, 0.6) is 0 Å². The molecule has 0 bridgehead atoms. The van der Waals surface area contributed by atoms with Crippen molar-refractivity contribution in [2.75, 3.05) is 4.90 Å². The summed E-state index contributed by atoms with van der Waals surface area (Å²) in [7, 11) is 0. The molecule has 0 atom stereocenters. The van der Waals surface area contributed by atoms with E-state index in [-0.39, 0.29) is 5.82 Å². The molecule has 186 valence electrons. The maximum atomic E-state index is 14.6. The van der Waals surface area contributed by atoms with Gasteiger partial charge in [-0.25, -0.2) is 4.39 Å². The molecule has 2 nitrogen and oxygen atoms in total. The monoisotopic (exact) mass is 504 g/mol. The Balaban J connectivity index is 1.62. The normalized spacial score (nSPS) is 11.2. The predicted octanol–water partition coefficient (Wildman–Crippen LogP) is 10.1. The summed E-state index contributed by atoms with van der Waals surface area (Å²) in [6.07, 6.45) is 0. The molecule has 0 N–H and O–H groups in total. The van der Waals surface area contributed by atoms with Crippen LogP contribution in [0.4, 0.5) is 21.5 Å². The first-order valence-electron chi connectivity index (χ1n) is 13.1. The van der Waals surface area contributed by atoms with Gasteiger partial charge in [-0.05, 0) is 66.2 Å². The van der Waals surface area contributed by atoms with Crippen LogP contribution < -0.4 is 4.90 Å². The van der Waals surface area contributed by atoms with Gasteiger partial charge in [0.1, 0.15) is 5.82 Å². The van der Waals surface area contributed by atoms with Gasteiger partial charge in [0, 0.05) is 33.4 Å². The SMILES string of the molecule is Fc1cccc(N(c2ccccc2)c2cc3c4ccccc4n(-c4ccccc4)c3cc2-c2ccccc2)c1. The van der Waals surface area contributed by atoms with Crippen molar-refractivity contribution in [1.82, 2.24) is 4.57 Å². The molecule has 6 aromatic carbocycles. The summed E-state index contributed by atoms with van der Waals surface area (Å²) in [5.41, 5.74) is 8.26. The molecule has 7 aromatic rings. The Labute approximate surface area is 226 Å². The fourth-order valence-corrected chi connectivity index (χ4v) is 5.51. The molecule has 0 unspecified atom stereocenters. The van der Waals surface area contributed by atoms with Crippen LogP contribution in [0.25, 0.3) is 38.6 Å². The van der Waals surface area contributed by atoms with Crippen LogP contribution in [0.3, 0.4) is 0 Å². The maximum Gasteiger partial charge on any atom is 0.125 e. The van der Waals surface area contributed by atoms with Crippen LogP contribution in [0.15, 0.2) is 152 Å². The molecule has 0 amide bonds. The topological polar surface area (TPSA) is 8.17 Å². The van der Waals surface area contributed by atoms with Gasteiger partial charge in [0.25, 0.3) is 0 Å². The van der Waals surface area contributed by atoms with Crippen LogP contribution in [-0.2, 0) is 0 Å². The summed E-state index contributed by atoms with van der Waals surface area (Å²) in [6.45, 7) is 0. The summed E-state index contributed by atoms with van der Waals surface area (Å²) in [5.74, 6) is -0.267. The molecule has 0 aliphatic heterocycles. The predicted molar refractivity (Wildman–Crippen MR) is 161 cm³/mol. The second-order valence-corrected chi connectivity index (χ2v) is 9.59. The molecule has 7 rings (SSSR count). The summed E-state index contributed by atoms with van der Waals surface area (Å²) in [6, 6.07) is 50.9. The second kappa shape index (κ2) is 9.62. The molecule has 1 heterocycles. The highest BCUT2D eigenvalue weighted by molar-refractivity contribution is 6.13. The van der Waals surface area contributed by atoms with Gasteiger partial charge in [-0.3, -0.25) is 0 Å². The first-order chi connectivity index (χ1) is 19.3. The largest absolute Gasteiger partial charge is 0.310 e. The average Bonchev–Trinajstić information content (AvgIpc) is 3.32. The minimum Gasteiger partial charge on any atom is -0.310 e. The number of hydrogen-bond acceptors (Lipinski definition) is 1. The molecule has 0 fully saturated rings. The average molecular weight is 505 g/mol. The van der Waals surface area contributed by atoms with E-state index in [2.05, 4.69) is 107 Å². The minimum atomic E-state index is -0.267. The molecular weight excluding hydrogens is 479 g/mol. The van der Waals surface area contributed by atoms with Crippen LogP contribution in [0, 0.1) is 5.82 Å². The molecule has 0 saturated carbocycles. The van der Waals surface area contributed by atoms with E-state index < -0.39 is 0 Å². The third-order valence-electron chi connectivity index (χ3n) is 7.21. The van der Waals surface area contributed by atoms with E-state index in [1.54, 1.807) is 12.1 Å². The van der Waals surface area contributed by atoms with Crippen LogP contribution in [0.2, 0.25) is 0 Å². The van der Waals surface area contributed by atoms with Crippen molar-refractivity contribution >= 4 is 38.9 Å². The summed E-state index contributed by atoms with van der Waals surface area (Å²) in [4.78, 5) is 2.15. The lowest BCUT2D eigenvalue weighted by Gasteiger charge is -2.28. The molecular formula is C36H25FN2. The van der Waals surface area contributed by atoms with Gasteiger partial charge in [-0.15, -0.1) is 0 Å². The van der Waals surface area contributed by atoms with Crippen molar-refractivity contribution < 1.29 is 4.39 Å². The lowest BCUT2D eigenvalue weighted by Crippen LogP contribution is -2.11. The Morgan fingerprint density at radius 1 is 0.487 bits per heavy atom. The minimum absolute atomic E-state index is 0.267. The third-order valence-corrected chi connectivity index (χ3v) is 7.21. The number of halogens is 1. The van der Waals surface area contributed by atoms with E-state index in [9.17, 15) is 4.39 Å². The number of benzene rings is 6. The lowest BCUT2D eigenvalue weighted by atomic mass is 9.99.